The van der Waals surface area contributed by atoms with Crippen LogP contribution < -0.4 is 0 Å². The highest BCUT2D eigenvalue weighted by Crippen LogP contribution is 2.34. The average molecular weight is 494 g/mol. The fraction of sp³-hybridized carbons (Fsp3) is 0.368. The third-order valence-electron chi connectivity index (χ3n) is 4.92. The van der Waals surface area contributed by atoms with Gasteiger partial charge >= 0.3 is 6.18 Å². The van der Waals surface area contributed by atoms with Crippen LogP contribution in [0.15, 0.2) is 45.9 Å². The molecule has 0 atom stereocenters. The molecule has 1 saturated heterocycles. The fourth-order valence-electron chi connectivity index (χ4n) is 3.16. The quantitative estimate of drug-likeness (QED) is 0.638. The van der Waals surface area contributed by atoms with E-state index in [-0.39, 0.29) is 43.5 Å². The molecule has 174 valence electrons. The Morgan fingerprint density at radius 3 is 2.38 bits per heavy atom. The minimum Gasteiger partial charge on any atom is -0.459 e. The Labute approximate surface area is 187 Å². The number of hydrogen-bond donors (Lipinski definition) is 0. The lowest BCUT2D eigenvalue weighted by Gasteiger charge is -2.35. The summed E-state index contributed by atoms with van der Waals surface area (Å²) in [6.07, 6.45) is -3.39. The maximum absolute atomic E-state index is 13.0. The smallest absolute Gasteiger partial charge is 0.416 e. The summed E-state index contributed by atoms with van der Waals surface area (Å²) >= 11 is 5.88. The highest BCUT2D eigenvalue weighted by molar-refractivity contribution is 7.89. The van der Waals surface area contributed by atoms with Crippen molar-refractivity contribution in [1.29, 1.82) is 0 Å². The van der Waals surface area contributed by atoms with Crippen LogP contribution >= 0.6 is 11.6 Å². The van der Waals surface area contributed by atoms with Crippen molar-refractivity contribution < 1.29 is 35.6 Å². The molecule has 2 aromatic rings. The minimum atomic E-state index is -4.72. The number of carbonyl (C=O) groups is 2. The minimum absolute atomic E-state index is 0.0113. The number of halogens is 4. The van der Waals surface area contributed by atoms with E-state index in [2.05, 4.69) is 0 Å². The van der Waals surface area contributed by atoms with Gasteiger partial charge in [0.05, 0.1) is 23.4 Å². The number of nitrogens with zero attached hydrogens (tertiary/aromatic N) is 3. The number of sulfonamides is 1. The van der Waals surface area contributed by atoms with E-state index < -0.39 is 38.5 Å². The van der Waals surface area contributed by atoms with Crippen LogP contribution in [-0.2, 0) is 21.0 Å². The number of carbonyl (C=O) groups excluding carboxylic acids is 2. The van der Waals surface area contributed by atoms with Gasteiger partial charge in [-0.05, 0) is 30.3 Å². The van der Waals surface area contributed by atoms with E-state index in [4.69, 9.17) is 16.0 Å². The van der Waals surface area contributed by atoms with Gasteiger partial charge in [-0.1, -0.05) is 11.6 Å². The monoisotopic (exact) mass is 493 g/mol. The lowest BCUT2D eigenvalue weighted by atomic mass is 10.2. The predicted octanol–water partition coefficient (Wildman–Crippen LogP) is 2.56. The van der Waals surface area contributed by atoms with Crippen molar-refractivity contribution in [3.8, 4) is 0 Å². The normalized spacial score (nSPS) is 15.6. The van der Waals surface area contributed by atoms with Gasteiger partial charge in [-0.15, -0.1) is 0 Å². The maximum atomic E-state index is 13.0. The molecule has 0 unspecified atom stereocenters. The first-order chi connectivity index (χ1) is 14.9. The van der Waals surface area contributed by atoms with Crippen LogP contribution in [0.3, 0.4) is 0 Å². The van der Waals surface area contributed by atoms with Crippen molar-refractivity contribution in [2.45, 2.75) is 11.1 Å². The molecule has 1 fully saturated rings. The highest BCUT2D eigenvalue weighted by Gasteiger charge is 2.36. The molecule has 1 aliphatic heterocycles. The lowest BCUT2D eigenvalue weighted by Crippen LogP contribution is -2.52. The Balaban J connectivity index is 1.65. The zero-order chi connectivity index (χ0) is 23.7. The molecule has 0 spiro atoms. The molecule has 0 saturated carbocycles. The maximum Gasteiger partial charge on any atom is 0.416 e. The third kappa shape index (κ3) is 5.08. The summed E-state index contributed by atoms with van der Waals surface area (Å²) in [4.78, 5) is 26.6. The molecule has 2 amide bonds. The number of benzene rings is 1. The largest absolute Gasteiger partial charge is 0.459 e. The second kappa shape index (κ2) is 9.12. The molecule has 3 rings (SSSR count). The summed E-state index contributed by atoms with van der Waals surface area (Å²) in [5.41, 5.74) is -1.13. The molecule has 0 bridgehead atoms. The van der Waals surface area contributed by atoms with Crippen LogP contribution in [0.25, 0.3) is 0 Å². The van der Waals surface area contributed by atoms with E-state index in [0.717, 1.165) is 10.4 Å². The van der Waals surface area contributed by atoms with Gasteiger partial charge in [-0.3, -0.25) is 9.59 Å². The van der Waals surface area contributed by atoms with Crippen molar-refractivity contribution in [1.82, 2.24) is 14.1 Å². The van der Waals surface area contributed by atoms with E-state index in [0.29, 0.717) is 12.1 Å². The Hall–Kier alpha value is -2.57. The summed E-state index contributed by atoms with van der Waals surface area (Å²) in [5.74, 6) is -0.806. The Morgan fingerprint density at radius 2 is 1.81 bits per heavy atom. The number of likely N-dealkylation sites (N-methyl/N-ethyl adjacent to an activating group) is 1. The molecule has 2 heterocycles. The predicted molar refractivity (Wildman–Crippen MR) is 107 cm³/mol. The lowest BCUT2D eigenvalue weighted by molar-refractivity contribution is -0.137. The summed E-state index contributed by atoms with van der Waals surface area (Å²) in [5, 5.41) is -0.324. The van der Waals surface area contributed by atoms with Crippen molar-refractivity contribution >= 4 is 33.4 Å². The third-order valence-corrected chi connectivity index (χ3v) is 7.30. The number of amides is 2. The summed E-state index contributed by atoms with van der Waals surface area (Å²) < 4.78 is 70.7. The van der Waals surface area contributed by atoms with Crippen LogP contribution in [0.2, 0.25) is 5.02 Å². The molecular weight excluding hydrogens is 475 g/mol. The van der Waals surface area contributed by atoms with Gasteiger partial charge in [0.25, 0.3) is 5.91 Å². The van der Waals surface area contributed by atoms with Crippen LogP contribution in [0.1, 0.15) is 16.1 Å². The van der Waals surface area contributed by atoms with Crippen molar-refractivity contribution in [3.63, 3.8) is 0 Å². The van der Waals surface area contributed by atoms with Crippen LogP contribution in [0, 0.1) is 0 Å². The molecule has 1 aromatic heterocycles. The van der Waals surface area contributed by atoms with E-state index in [9.17, 15) is 31.2 Å². The molecule has 32 heavy (non-hydrogen) atoms. The number of alkyl halides is 3. The average Bonchev–Trinajstić information content (AvgIpc) is 3.27. The first-order valence-corrected chi connectivity index (χ1v) is 11.2. The molecule has 0 radical (unpaired) electrons. The Morgan fingerprint density at radius 1 is 1.16 bits per heavy atom. The van der Waals surface area contributed by atoms with Crippen LogP contribution in [0.4, 0.5) is 13.2 Å². The molecule has 0 aliphatic carbocycles. The number of hydrogen-bond acceptors (Lipinski definition) is 5. The van der Waals surface area contributed by atoms with Gasteiger partial charge in [0, 0.05) is 33.2 Å². The van der Waals surface area contributed by atoms with Gasteiger partial charge in [0.2, 0.25) is 15.9 Å². The molecule has 0 N–H and O–H groups in total. The van der Waals surface area contributed by atoms with Crippen LogP contribution in [-0.4, -0.2) is 74.1 Å². The van der Waals surface area contributed by atoms with Crippen molar-refractivity contribution in [2.24, 2.45) is 0 Å². The van der Waals surface area contributed by atoms with E-state index in [1.165, 1.54) is 29.2 Å². The first kappa shape index (κ1) is 24.1. The van der Waals surface area contributed by atoms with E-state index in [1.807, 2.05) is 0 Å². The summed E-state index contributed by atoms with van der Waals surface area (Å²) in [6, 6.07) is 5.11. The number of piperazine rings is 1. The van der Waals surface area contributed by atoms with Crippen molar-refractivity contribution in [2.75, 3.05) is 39.8 Å². The highest BCUT2D eigenvalue weighted by atomic mass is 35.5. The first-order valence-electron chi connectivity index (χ1n) is 9.35. The van der Waals surface area contributed by atoms with Gasteiger partial charge in [-0.25, -0.2) is 8.42 Å². The fourth-order valence-corrected chi connectivity index (χ4v) is 5.08. The van der Waals surface area contributed by atoms with Crippen LogP contribution in [0.5, 0.6) is 0 Å². The zero-order valence-corrected chi connectivity index (χ0v) is 18.4. The van der Waals surface area contributed by atoms with E-state index >= 15 is 0 Å². The SMILES string of the molecule is CN(CC(=O)N1CCN(S(=O)(=O)c2cc(C(F)(F)F)ccc2Cl)CC1)C(=O)c1ccco1. The van der Waals surface area contributed by atoms with E-state index in [1.54, 1.807) is 6.07 Å². The second-order valence-electron chi connectivity index (χ2n) is 7.07. The molecular formula is C19H19ClF3N3O5S. The molecule has 1 aliphatic rings. The standard InChI is InChI=1S/C19H19ClF3N3O5S/c1-24(18(28)15-3-2-10-31-15)12-17(27)25-6-8-26(9-7-25)32(29,30)16-11-13(19(21,22)23)4-5-14(16)20/h2-5,10-11H,6-9,12H2,1H3. The second-order valence-corrected chi connectivity index (χ2v) is 9.38. The Bertz CT molecular complexity index is 1100. The topological polar surface area (TPSA) is 91.1 Å². The molecule has 13 heteroatoms. The number of rotatable bonds is 5. The summed E-state index contributed by atoms with van der Waals surface area (Å²) in [7, 11) is -2.87. The summed E-state index contributed by atoms with van der Waals surface area (Å²) in [6.45, 7) is -0.479. The van der Waals surface area contributed by atoms with Gasteiger partial charge in [0.1, 0.15) is 4.90 Å². The zero-order valence-electron chi connectivity index (χ0n) is 16.8. The van der Waals surface area contributed by atoms with Crippen molar-refractivity contribution in [3.05, 3.63) is 52.9 Å². The molecule has 1 aromatic carbocycles. The Kier molecular flexibility index (Phi) is 6.86. The van der Waals surface area contributed by atoms with Gasteiger partial charge in [-0.2, -0.15) is 17.5 Å². The number of furan rings is 1. The van der Waals surface area contributed by atoms with Gasteiger partial charge in [0.15, 0.2) is 5.76 Å². The van der Waals surface area contributed by atoms with Gasteiger partial charge < -0.3 is 14.2 Å². The molecule has 8 nitrogen and oxygen atoms in total.